The van der Waals surface area contributed by atoms with Crippen LogP contribution in [-0.2, 0) is 14.3 Å². The Kier molecular flexibility index (Phi) is 6.51. The molecule has 3 rings (SSSR count). The average molecular weight is 416 g/mol. The molecule has 152 valence electrons. The van der Waals surface area contributed by atoms with Gasteiger partial charge >= 0.3 is 6.03 Å². The molecule has 8 heteroatoms. The average Bonchev–Trinajstić information content (AvgIpc) is 2.92. The van der Waals surface area contributed by atoms with Gasteiger partial charge in [0.15, 0.2) is 0 Å². The van der Waals surface area contributed by atoms with Gasteiger partial charge in [-0.25, -0.2) is 9.69 Å². The number of methoxy groups -OCH3 is 1. The molecule has 1 unspecified atom stereocenters. The van der Waals surface area contributed by atoms with Gasteiger partial charge in [-0.15, -0.1) is 0 Å². The molecule has 0 bridgehead atoms. The Morgan fingerprint density at radius 2 is 1.76 bits per heavy atom. The summed E-state index contributed by atoms with van der Waals surface area (Å²) in [5.41, 5.74) is 2.06. The highest BCUT2D eigenvalue weighted by Gasteiger charge is 2.46. The first-order valence-electron chi connectivity index (χ1n) is 9.16. The third-order valence-corrected chi connectivity index (χ3v) is 4.91. The van der Waals surface area contributed by atoms with Crippen molar-refractivity contribution in [2.45, 2.75) is 19.4 Å². The Bertz CT molecular complexity index is 899. The maximum atomic E-state index is 13.0. The number of amides is 4. The molecule has 0 saturated carbocycles. The van der Waals surface area contributed by atoms with Crippen molar-refractivity contribution >= 4 is 40.8 Å². The highest BCUT2D eigenvalue weighted by molar-refractivity contribution is 6.30. The largest absolute Gasteiger partial charge is 0.383 e. The summed E-state index contributed by atoms with van der Waals surface area (Å²) in [5, 5.41) is 3.29. The van der Waals surface area contributed by atoms with Crippen molar-refractivity contribution < 1.29 is 19.1 Å². The van der Waals surface area contributed by atoms with E-state index in [0.29, 0.717) is 16.4 Å². The lowest BCUT2D eigenvalue weighted by Gasteiger charge is -2.21. The highest BCUT2D eigenvalue weighted by atomic mass is 35.5. The number of hydrogen-bond donors (Lipinski definition) is 1. The summed E-state index contributed by atoms with van der Waals surface area (Å²) in [7, 11) is 1.52. The second-order valence-corrected chi connectivity index (χ2v) is 7.19. The summed E-state index contributed by atoms with van der Waals surface area (Å²) in [6.45, 7) is 2.39. The molecular formula is C21H22ClN3O4. The van der Waals surface area contributed by atoms with Crippen molar-refractivity contribution in [2.24, 2.45) is 0 Å². The highest BCUT2D eigenvalue weighted by Crippen LogP contribution is 2.27. The number of carbonyl (C=O) groups is 3. The normalized spacial score (nSPS) is 16.4. The summed E-state index contributed by atoms with van der Waals surface area (Å²) in [6, 6.07) is 12.4. The Morgan fingerprint density at radius 3 is 2.38 bits per heavy atom. The van der Waals surface area contributed by atoms with Crippen molar-refractivity contribution in [3.63, 3.8) is 0 Å². The van der Waals surface area contributed by atoms with Gasteiger partial charge in [0.25, 0.3) is 5.91 Å². The summed E-state index contributed by atoms with van der Waals surface area (Å²) < 4.78 is 5.07. The van der Waals surface area contributed by atoms with Gasteiger partial charge in [-0.3, -0.25) is 9.59 Å². The van der Waals surface area contributed by atoms with E-state index in [9.17, 15) is 14.4 Å². The first kappa shape index (κ1) is 20.8. The van der Waals surface area contributed by atoms with Gasteiger partial charge in [-0.2, -0.15) is 0 Å². The summed E-state index contributed by atoms with van der Waals surface area (Å²) >= 11 is 5.85. The Hall–Kier alpha value is -2.90. The third kappa shape index (κ3) is 4.75. The van der Waals surface area contributed by atoms with E-state index in [2.05, 4.69) is 5.32 Å². The van der Waals surface area contributed by atoms with Gasteiger partial charge in [-0.1, -0.05) is 29.3 Å². The van der Waals surface area contributed by atoms with Gasteiger partial charge in [-0.05, 0) is 43.3 Å². The van der Waals surface area contributed by atoms with Crippen molar-refractivity contribution in [1.29, 1.82) is 0 Å². The molecule has 29 heavy (non-hydrogen) atoms. The molecule has 0 aliphatic carbocycles. The minimum Gasteiger partial charge on any atom is -0.383 e. The molecule has 0 spiro atoms. The molecule has 1 N–H and O–H groups in total. The summed E-state index contributed by atoms with van der Waals surface area (Å²) in [5.74, 6) is -0.798. The number of halogens is 1. The number of rotatable bonds is 7. The van der Waals surface area contributed by atoms with Crippen LogP contribution in [0.25, 0.3) is 0 Å². The summed E-state index contributed by atoms with van der Waals surface area (Å²) in [6.07, 6.45) is -0.153. The zero-order valence-electron chi connectivity index (χ0n) is 16.2. The van der Waals surface area contributed by atoms with E-state index < -0.39 is 18.0 Å². The molecule has 0 aromatic heterocycles. The van der Waals surface area contributed by atoms with Crippen LogP contribution in [0, 0.1) is 6.92 Å². The van der Waals surface area contributed by atoms with Crippen LogP contribution < -0.4 is 10.2 Å². The van der Waals surface area contributed by atoms with Gasteiger partial charge in [0.2, 0.25) is 5.91 Å². The van der Waals surface area contributed by atoms with Gasteiger partial charge in [0, 0.05) is 24.4 Å². The number of ether oxygens (including phenoxy) is 1. The topological polar surface area (TPSA) is 79.0 Å². The van der Waals surface area contributed by atoms with Gasteiger partial charge in [0.05, 0.1) is 18.7 Å². The molecule has 1 aliphatic heterocycles. The number of imide groups is 1. The molecule has 0 radical (unpaired) electrons. The predicted molar refractivity (Wildman–Crippen MR) is 111 cm³/mol. The number of benzene rings is 2. The van der Waals surface area contributed by atoms with E-state index in [1.165, 1.54) is 12.0 Å². The fraction of sp³-hybridized carbons (Fsp3) is 0.286. The lowest BCUT2D eigenvalue weighted by atomic mass is 10.1. The molecule has 1 fully saturated rings. The van der Waals surface area contributed by atoms with E-state index >= 15 is 0 Å². The molecule has 1 atom stereocenters. The second kappa shape index (κ2) is 9.07. The molecular weight excluding hydrogens is 394 g/mol. The minimum atomic E-state index is -0.897. The molecule has 2 aromatic carbocycles. The maximum Gasteiger partial charge on any atom is 0.332 e. The van der Waals surface area contributed by atoms with Gasteiger partial charge in [0.1, 0.15) is 6.04 Å². The number of nitrogens with one attached hydrogen (secondary N) is 1. The van der Waals surface area contributed by atoms with E-state index in [4.69, 9.17) is 16.3 Å². The van der Waals surface area contributed by atoms with Crippen LogP contribution in [0.15, 0.2) is 48.5 Å². The minimum absolute atomic E-state index is 0.153. The molecule has 1 heterocycles. The Morgan fingerprint density at radius 1 is 1.10 bits per heavy atom. The van der Waals surface area contributed by atoms with Crippen molar-refractivity contribution in [1.82, 2.24) is 4.90 Å². The predicted octanol–water partition coefficient (Wildman–Crippen LogP) is 3.46. The Balaban J connectivity index is 1.79. The second-order valence-electron chi connectivity index (χ2n) is 6.75. The monoisotopic (exact) mass is 415 g/mol. The number of nitrogens with zero attached hydrogens (tertiary/aromatic N) is 2. The van der Waals surface area contributed by atoms with Crippen LogP contribution in [0.4, 0.5) is 16.2 Å². The number of urea groups is 1. The first-order chi connectivity index (χ1) is 13.9. The number of anilines is 2. The van der Waals surface area contributed by atoms with Crippen LogP contribution in [-0.4, -0.2) is 49.0 Å². The standard InChI is InChI=1S/C21H22ClN3O4/c1-14-3-9-17(10-4-14)25-20(27)18(24(21(25)28)11-12-29-2)13-19(26)23-16-7-5-15(22)6-8-16/h3-10,18H,11-13H2,1-2H3,(H,23,26). The van der Waals surface area contributed by atoms with Crippen LogP contribution in [0.1, 0.15) is 12.0 Å². The fourth-order valence-electron chi connectivity index (χ4n) is 3.13. The number of carbonyl (C=O) groups excluding carboxylic acids is 3. The van der Waals surface area contributed by atoms with E-state index in [-0.39, 0.29) is 25.5 Å². The van der Waals surface area contributed by atoms with Crippen LogP contribution in [0.5, 0.6) is 0 Å². The Labute approximate surface area is 174 Å². The third-order valence-electron chi connectivity index (χ3n) is 4.65. The van der Waals surface area contributed by atoms with Crippen molar-refractivity contribution in [3.05, 3.63) is 59.1 Å². The van der Waals surface area contributed by atoms with Crippen LogP contribution in [0.3, 0.4) is 0 Å². The zero-order valence-corrected chi connectivity index (χ0v) is 17.0. The SMILES string of the molecule is COCCN1C(=O)N(c2ccc(C)cc2)C(=O)C1CC(=O)Nc1ccc(Cl)cc1. The molecule has 1 saturated heterocycles. The van der Waals surface area contributed by atoms with E-state index in [0.717, 1.165) is 10.5 Å². The first-order valence-corrected chi connectivity index (χ1v) is 9.54. The molecule has 7 nitrogen and oxygen atoms in total. The lowest BCUT2D eigenvalue weighted by Crippen LogP contribution is -2.39. The number of hydrogen-bond acceptors (Lipinski definition) is 4. The summed E-state index contributed by atoms with van der Waals surface area (Å²) in [4.78, 5) is 41.0. The smallest absolute Gasteiger partial charge is 0.332 e. The fourth-order valence-corrected chi connectivity index (χ4v) is 3.26. The molecule has 1 aliphatic rings. The van der Waals surface area contributed by atoms with Crippen molar-refractivity contribution in [3.8, 4) is 0 Å². The maximum absolute atomic E-state index is 13.0. The van der Waals surface area contributed by atoms with E-state index in [1.54, 1.807) is 36.4 Å². The molecule has 2 aromatic rings. The molecule has 4 amide bonds. The quantitative estimate of drug-likeness (QED) is 0.702. The van der Waals surface area contributed by atoms with E-state index in [1.807, 2.05) is 19.1 Å². The zero-order chi connectivity index (χ0) is 21.0. The van der Waals surface area contributed by atoms with Gasteiger partial charge < -0.3 is 15.0 Å². The van der Waals surface area contributed by atoms with Crippen molar-refractivity contribution in [2.75, 3.05) is 30.5 Å². The van der Waals surface area contributed by atoms with Crippen LogP contribution >= 0.6 is 11.6 Å². The lowest BCUT2D eigenvalue weighted by molar-refractivity contribution is -0.124. The number of aryl methyl sites for hydroxylation is 1. The van der Waals surface area contributed by atoms with Crippen LogP contribution in [0.2, 0.25) is 5.02 Å².